The number of rotatable bonds is 7. The molecule has 4 aromatic rings. The van der Waals surface area contributed by atoms with Crippen molar-refractivity contribution in [2.45, 2.75) is 12.6 Å². The molecule has 0 aliphatic heterocycles. The van der Waals surface area contributed by atoms with Crippen molar-refractivity contribution in [3.63, 3.8) is 0 Å². The molecule has 0 saturated carbocycles. The van der Waals surface area contributed by atoms with Crippen LogP contribution in [-0.4, -0.2) is 18.0 Å². The van der Waals surface area contributed by atoms with Crippen molar-refractivity contribution in [3.05, 3.63) is 130 Å². The van der Waals surface area contributed by atoms with Crippen molar-refractivity contribution in [1.82, 2.24) is 4.90 Å². The van der Waals surface area contributed by atoms with Gasteiger partial charge in [0.2, 0.25) is 0 Å². The Bertz CT molecular complexity index is 1210. The van der Waals surface area contributed by atoms with Gasteiger partial charge in [0.25, 0.3) is 0 Å². The molecule has 1 N–H and O–H groups in total. The average molecular weight is 491 g/mol. The average Bonchev–Trinajstić information content (AvgIpc) is 2.87. The van der Waals surface area contributed by atoms with Crippen LogP contribution in [0.4, 0.5) is 10.5 Å². The van der Waals surface area contributed by atoms with E-state index >= 15 is 0 Å². The van der Waals surface area contributed by atoms with Crippen LogP contribution in [0.25, 0.3) is 0 Å². The van der Waals surface area contributed by atoms with Gasteiger partial charge in [0, 0.05) is 10.6 Å². The lowest BCUT2D eigenvalue weighted by atomic mass is 9.96. The molecule has 0 aliphatic rings. The fourth-order valence-corrected chi connectivity index (χ4v) is 4.35. The number of methoxy groups -OCH3 is 1. The van der Waals surface area contributed by atoms with Crippen molar-refractivity contribution in [2.75, 3.05) is 12.4 Å². The number of carbonyl (C=O) groups excluding carboxylic acids is 1. The summed E-state index contributed by atoms with van der Waals surface area (Å²) >= 11 is 12.4. The summed E-state index contributed by atoms with van der Waals surface area (Å²) in [6.45, 7) is 0.315. The number of para-hydroxylation sites is 1. The molecule has 0 spiro atoms. The van der Waals surface area contributed by atoms with E-state index in [2.05, 4.69) is 5.32 Å². The quantitative estimate of drug-likeness (QED) is 0.286. The number of urea groups is 1. The summed E-state index contributed by atoms with van der Waals surface area (Å²) in [5.74, 6) is 0.713. The second kappa shape index (κ2) is 11.1. The molecule has 0 atom stereocenters. The zero-order valence-electron chi connectivity index (χ0n) is 18.6. The summed E-state index contributed by atoms with van der Waals surface area (Å²) in [7, 11) is 1.63. The predicted molar refractivity (Wildman–Crippen MR) is 139 cm³/mol. The highest BCUT2D eigenvalue weighted by Gasteiger charge is 2.28. The fourth-order valence-electron chi connectivity index (χ4n) is 3.90. The second-order valence-electron chi connectivity index (χ2n) is 7.72. The molecule has 34 heavy (non-hydrogen) atoms. The van der Waals surface area contributed by atoms with Crippen molar-refractivity contribution < 1.29 is 9.53 Å². The monoisotopic (exact) mass is 490 g/mol. The Labute approximate surface area is 209 Å². The second-order valence-corrected chi connectivity index (χ2v) is 8.56. The molecular formula is C28H24Cl2N2O2. The Morgan fingerprint density at radius 2 is 1.44 bits per heavy atom. The molecule has 0 aliphatic carbocycles. The fraction of sp³-hybridized carbons (Fsp3) is 0.107. The first-order valence-corrected chi connectivity index (χ1v) is 11.6. The van der Waals surface area contributed by atoms with E-state index < -0.39 is 0 Å². The number of ether oxygens (including phenoxy) is 1. The van der Waals surface area contributed by atoms with Crippen molar-refractivity contribution in [1.29, 1.82) is 0 Å². The van der Waals surface area contributed by atoms with E-state index in [1.165, 1.54) is 0 Å². The summed E-state index contributed by atoms with van der Waals surface area (Å²) in [4.78, 5) is 15.6. The van der Waals surface area contributed by atoms with Gasteiger partial charge in [0.1, 0.15) is 5.75 Å². The number of halogens is 2. The van der Waals surface area contributed by atoms with Crippen molar-refractivity contribution >= 4 is 34.9 Å². The van der Waals surface area contributed by atoms with Crippen LogP contribution in [0.1, 0.15) is 22.7 Å². The maximum atomic E-state index is 13.8. The molecule has 0 saturated heterocycles. The molecule has 4 nitrogen and oxygen atoms in total. The van der Waals surface area contributed by atoms with E-state index in [1.807, 2.05) is 84.9 Å². The Morgan fingerprint density at radius 1 is 0.853 bits per heavy atom. The maximum absolute atomic E-state index is 13.8. The van der Waals surface area contributed by atoms with Gasteiger partial charge in [-0.05, 0) is 35.4 Å². The topological polar surface area (TPSA) is 41.6 Å². The van der Waals surface area contributed by atoms with Gasteiger partial charge in [-0.25, -0.2) is 4.79 Å². The maximum Gasteiger partial charge on any atom is 0.322 e. The molecule has 4 rings (SSSR count). The summed E-state index contributed by atoms with van der Waals surface area (Å²) in [6.07, 6.45) is 0. The van der Waals surface area contributed by atoms with Gasteiger partial charge in [-0.3, -0.25) is 0 Å². The molecule has 6 heteroatoms. The van der Waals surface area contributed by atoms with E-state index in [4.69, 9.17) is 27.9 Å². The highest BCUT2D eigenvalue weighted by molar-refractivity contribution is 6.36. The molecule has 2 amide bonds. The molecule has 0 aromatic heterocycles. The first-order chi connectivity index (χ1) is 16.6. The van der Waals surface area contributed by atoms with Gasteiger partial charge in [-0.15, -0.1) is 0 Å². The van der Waals surface area contributed by atoms with E-state index in [-0.39, 0.29) is 12.1 Å². The van der Waals surface area contributed by atoms with Crippen LogP contribution in [0.15, 0.2) is 103 Å². The van der Waals surface area contributed by atoms with Crippen molar-refractivity contribution in [3.8, 4) is 5.75 Å². The zero-order chi connectivity index (χ0) is 23.9. The molecule has 0 fully saturated rings. The Kier molecular flexibility index (Phi) is 7.73. The minimum Gasteiger partial charge on any atom is -0.496 e. The Morgan fingerprint density at radius 3 is 2.03 bits per heavy atom. The summed E-state index contributed by atoms with van der Waals surface area (Å²) in [6, 6.07) is 32.0. The van der Waals surface area contributed by atoms with Gasteiger partial charge in [0.05, 0.1) is 30.4 Å². The highest BCUT2D eigenvalue weighted by atomic mass is 35.5. The minimum absolute atomic E-state index is 0.298. The Balaban J connectivity index is 1.80. The predicted octanol–water partition coefficient (Wildman–Crippen LogP) is 7.83. The number of hydrogen-bond acceptors (Lipinski definition) is 2. The third-order valence-electron chi connectivity index (χ3n) is 5.51. The van der Waals surface area contributed by atoms with E-state index in [9.17, 15) is 4.79 Å². The third kappa shape index (κ3) is 5.53. The van der Waals surface area contributed by atoms with Gasteiger partial charge in [0.15, 0.2) is 0 Å². The van der Waals surface area contributed by atoms with Crippen LogP contribution in [-0.2, 0) is 6.54 Å². The summed E-state index contributed by atoms with van der Waals surface area (Å²) in [5, 5.41) is 3.84. The van der Waals surface area contributed by atoms with Crippen LogP contribution in [0.2, 0.25) is 10.0 Å². The molecule has 0 radical (unpaired) electrons. The lowest BCUT2D eigenvalue weighted by Gasteiger charge is -2.33. The zero-order valence-corrected chi connectivity index (χ0v) is 20.1. The van der Waals surface area contributed by atoms with Crippen LogP contribution < -0.4 is 10.1 Å². The summed E-state index contributed by atoms with van der Waals surface area (Å²) < 4.78 is 5.57. The van der Waals surface area contributed by atoms with E-state index in [0.29, 0.717) is 28.0 Å². The molecule has 0 heterocycles. The number of hydrogen-bond donors (Lipinski definition) is 1. The lowest BCUT2D eigenvalue weighted by Crippen LogP contribution is -2.38. The van der Waals surface area contributed by atoms with E-state index in [0.717, 1.165) is 16.7 Å². The lowest BCUT2D eigenvalue weighted by molar-refractivity contribution is 0.193. The number of nitrogens with one attached hydrogen (secondary N) is 1. The number of nitrogens with zero attached hydrogens (tertiary/aromatic N) is 1. The van der Waals surface area contributed by atoms with Gasteiger partial charge in [-0.2, -0.15) is 0 Å². The molecule has 0 unspecified atom stereocenters. The van der Waals surface area contributed by atoms with Crippen LogP contribution >= 0.6 is 23.2 Å². The molecule has 172 valence electrons. The standard InChI is InChI=1S/C28H24Cl2N2O2/c1-34-26-15-9-8-14-22(26)19-32(28(33)31-25-17-16-23(29)18-24(25)30)27(20-10-4-2-5-11-20)21-12-6-3-7-13-21/h2-18,27H,19H2,1H3,(H,31,33). The van der Waals surface area contributed by atoms with Gasteiger partial charge in [-0.1, -0.05) is 102 Å². The number of amides is 2. The SMILES string of the molecule is COc1ccccc1CN(C(=O)Nc1ccc(Cl)cc1Cl)C(c1ccccc1)c1ccccc1. The first-order valence-electron chi connectivity index (χ1n) is 10.8. The minimum atomic E-state index is -0.349. The number of anilines is 1. The first kappa shape index (κ1) is 23.7. The molecular weight excluding hydrogens is 467 g/mol. The van der Waals surface area contributed by atoms with Gasteiger partial charge < -0.3 is 15.0 Å². The van der Waals surface area contributed by atoms with Gasteiger partial charge >= 0.3 is 6.03 Å². The molecule has 4 aromatic carbocycles. The molecule has 0 bridgehead atoms. The third-order valence-corrected chi connectivity index (χ3v) is 6.06. The highest BCUT2D eigenvalue weighted by Crippen LogP contribution is 2.33. The largest absolute Gasteiger partial charge is 0.496 e. The number of carbonyl (C=O) groups is 1. The van der Waals surface area contributed by atoms with Crippen molar-refractivity contribution in [2.24, 2.45) is 0 Å². The van der Waals surface area contributed by atoms with E-state index in [1.54, 1.807) is 30.2 Å². The normalized spacial score (nSPS) is 10.7. The smallest absolute Gasteiger partial charge is 0.322 e. The van der Waals surface area contributed by atoms with Crippen LogP contribution in [0.3, 0.4) is 0 Å². The Hall–Kier alpha value is -3.47. The van der Waals surface area contributed by atoms with Crippen LogP contribution in [0, 0.1) is 0 Å². The number of benzene rings is 4. The summed E-state index contributed by atoms with van der Waals surface area (Å²) in [5.41, 5.74) is 3.35. The van der Waals surface area contributed by atoms with Crippen LogP contribution in [0.5, 0.6) is 5.75 Å².